The van der Waals surface area contributed by atoms with Crippen molar-refractivity contribution in [2.24, 2.45) is 0 Å². The van der Waals surface area contributed by atoms with Gasteiger partial charge in [-0.25, -0.2) is 0 Å². The molecular weight excluding hydrogens is 240 g/mol. The van der Waals surface area contributed by atoms with Gasteiger partial charge in [0, 0.05) is 24.9 Å². The standard InChI is InChI=1S/C15H16N2O2/c18-14(12-6-2-1-3-7-12)15(19)17-11-9-13-8-4-5-10-16-13/h1-8,10,14,18H,9,11H2,(H,17,19). The van der Waals surface area contributed by atoms with E-state index in [1.165, 1.54) is 0 Å². The smallest absolute Gasteiger partial charge is 0.253 e. The first-order valence-corrected chi connectivity index (χ1v) is 6.18. The molecule has 0 radical (unpaired) electrons. The number of aromatic nitrogens is 1. The van der Waals surface area contributed by atoms with Crippen molar-refractivity contribution in [1.29, 1.82) is 0 Å². The minimum absolute atomic E-state index is 0.387. The van der Waals surface area contributed by atoms with Crippen molar-refractivity contribution in [1.82, 2.24) is 10.3 Å². The fourth-order valence-electron chi connectivity index (χ4n) is 1.74. The fourth-order valence-corrected chi connectivity index (χ4v) is 1.74. The van der Waals surface area contributed by atoms with E-state index >= 15 is 0 Å². The molecule has 1 aromatic heterocycles. The summed E-state index contributed by atoms with van der Waals surface area (Å²) in [6, 6.07) is 14.5. The lowest BCUT2D eigenvalue weighted by Gasteiger charge is -2.11. The van der Waals surface area contributed by atoms with Gasteiger partial charge >= 0.3 is 0 Å². The predicted molar refractivity (Wildman–Crippen MR) is 72.4 cm³/mol. The number of amides is 1. The van der Waals surface area contributed by atoms with Crippen LogP contribution in [-0.4, -0.2) is 22.5 Å². The molecule has 1 atom stereocenters. The molecule has 0 aliphatic heterocycles. The second-order valence-corrected chi connectivity index (χ2v) is 4.18. The third-order valence-corrected chi connectivity index (χ3v) is 2.77. The summed E-state index contributed by atoms with van der Waals surface area (Å²) in [7, 11) is 0. The van der Waals surface area contributed by atoms with Crippen LogP contribution < -0.4 is 5.32 Å². The molecule has 2 rings (SSSR count). The summed E-state index contributed by atoms with van der Waals surface area (Å²) in [5.41, 5.74) is 1.51. The van der Waals surface area contributed by atoms with Gasteiger partial charge in [0.1, 0.15) is 0 Å². The Bertz CT molecular complexity index is 514. The van der Waals surface area contributed by atoms with Crippen LogP contribution in [-0.2, 0) is 11.2 Å². The third-order valence-electron chi connectivity index (χ3n) is 2.77. The Balaban J connectivity index is 1.82. The largest absolute Gasteiger partial charge is 0.378 e. The van der Waals surface area contributed by atoms with Gasteiger partial charge in [0.15, 0.2) is 6.10 Å². The third kappa shape index (κ3) is 3.89. The highest BCUT2D eigenvalue weighted by molar-refractivity contribution is 5.81. The summed E-state index contributed by atoms with van der Waals surface area (Å²) in [4.78, 5) is 15.9. The highest BCUT2D eigenvalue weighted by Crippen LogP contribution is 2.11. The molecule has 0 fully saturated rings. The lowest BCUT2D eigenvalue weighted by atomic mass is 10.1. The lowest BCUT2D eigenvalue weighted by Crippen LogP contribution is -2.31. The van der Waals surface area contributed by atoms with Gasteiger partial charge in [0.25, 0.3) is 5.91 Å². The van der Waals surface area contributed by atoms with Crippen LogP contribution in [0.15, 0.2) is 54.7 Å². The van der Waals surface area contributed by atoms with Gasteiger partial charge in [-0.15, -0.1) is 0 Å². The van der Waals surface area contributed by atoms with E-state index in [1.54, 1.807) is 30.5 Å². The number of hydrogen-bond acceptors (Lipinski definition) is 3. The zero-order valence-corrected chi connectivity index (χ0v) is 10.5. The summed E-state index contributed by atoms with van der Waals surface area (Å²) in [5, 5.41) is 12.6. The Hall–Kier alpha value is -2.20. The molecule has 4 nitrogen and oxygen atoms in total. The first-order chi connectivity index (χ1) is 9.27. The van der Waals surface area contributed by atoms with Crippen molar-refractivity contribution < 1.29 is 9.90 Å². The van der Waals surface area contributed by atoms with Gasteiger partial charge in [-0.05, 0) is 17.7 Å². The maximum atomic E-state index is 11.8. The topological polar surface area (TPSA) is 62.2 Å². The normalized spacial score (nSPS) is 11.8. The van der Waals surface area contributed by atoms with Gasteiger partial charge in [-0.2, -0.15) is 0 Å². The molecular formula is C15H16N2O2. The van der Waals surface area contributed by atoms with Crippen LogP contribution in [0.4, 0.5) is 0 Å². The Kier molecular flexibility index (Phi) is 4.64. The minimum Gasteiger partial charge on any atom is -0.378 e. The molecule has 4 heteroatoms. The van der Waals surface area contributed by atoms with E-state index in [1.807, 2.05) is 24.3 Å². The molecule has 1 unspecified atom stereocenters. The van der Waals surface area contributed by atoms with Crippen LogP contribution in [0.2, 0.25) is 0 Å². The number of benzene rings is 1. The second-order valence-electron chi connectivity index (χ2n) is 4.18. The van der Waals surface area contributed by atoms with Crippen LogP contribution in [0.3, 0.4) is 0 Å². The predicted octanol–water partition coefficient (Wildman–Crippen LogP) is 1.47. The van der Waals surface area contributed by atoms with Crippen molar-refractivity contribution in [3.8, 4) is 0 Å². The summed E-state index contributed by atoms with van der Waals surface area (Å²) in [6.45, 7) is 0.458. The molecule has 0 bridgehead atoms. The van der Waals surface area contributed by atoms with Crippen LogP contribution in [0.25, 0.3) is 0 Å². The molecule has 1 amide bonds. The summed E-state index contributed by atoms with van der Waals surface area (Å²) in [6.07, 6.45) is 1.24. The molecule has 0 spiro atoms. The van der Waals surface area contributed by atoms with E-state index in [4.69, 9.17) is 0 Å². The van der Waals surface area contributed by atoms with E-state index in [9.17, 15) is 9.90 Å². The monoisotopic (exact) mass is 256 g/mol. The van der Waals surface area contributed by atoms with E-state index in [0.717, 1.165) is 5.69 Å². The van der Waals surface area contributed by atoms with Gasteiger partial charge in [0.2, 0.25) is 0 Å². The number of rotatable bonds is 5. The van der Waals surface area contributed by atoms with Crippen molar-refractivity contribution in [3.63, 3.8) is 0 Å². The van der Waals surface area contributed by atoms with Gasteiger partial charge < -0.3 is 10.4 Å². The Morgan fingerprint density at radius 1 is 1.16 bits per heavy atom. The minimum atomic E-state index is -1.12. The van der Waals surface area contributed by atoms with Crippen LogP contribution >= 0.6 is 0 Å². The van der Waals surface area contributed by atoms with Crippen molar-refractivity contribution in [2.45, 2.75) is 12.5 Å². The van der Waals surface area contributed by atoms with E-state index in [2.05, 4.69) is 10.3 Å². The molecule has 2 N–H and O–H groups in total. The number of aliphatic hydroxyl groups excluding tert-OH is 1. The summed E-state index contributed by atoms with van der Waals surface area (Å²) >= 11 is 0. The van der Waals surface area contributed by atoms with Gasteiger partial charge in [-0.1, -0.05) is 36.4 Å². The maximum Gasteiger partial charge on any atom is 0.253 e. The number of carbonyl (C=O) groups is 1. The highest BCUT2D eigenvalue weighted by atomic mass is 16.3. The SMILES string of the molecule is O=C(NCCc1ccccn1)C(O)c1ccccc1. The highest BCUT2D eigenvalue weighted by Gasteiger charge is 2.15. The van der Waals surface area contributed by atoms with Crippen molar-refractivity contribution >= 4 is 5.91 Å². The Morgan fingerprint density at radius 2 is 1.89 bits per heavy atom. The molecule has 98 valence electrons. The molecule has 1 heterocycles. The quantitative estimate of drug-likeness (QED) is 0.851. The average molecular weight is 256 g/mol. The van der Waals surface area contributed by atoms with Crippen molar-refractivity contribution in [2.75, 3.05) is 6.54 Å². The molecule has 0 aliphatic carbocycles. The molecule has 0 saturated heterocycles. The second kappa shape index (κ2) is 6.66. The zero-order valence-electron chi connectivity index (χ0n) is 10.5. The number of aliphatic hydroxyl groups is 1. The lowest BCUT2D eigenvalue weighted by molar-refractivity contribution is -0.129. The Labute approximate surface area is 112 Å². The first-order valence-electron chi connectivity index (χ1n) is 6.18. The van der Waals surface area contributed by atoms with Gasteiger partial charge in [-0.3, -0.25) is 9.78 Å². The number of carbonyl (C=O) groups excluding carboxylic acids is 1. The molecule has 1 aromatic carbocycles. The molecule has 19 heavy (non-hydrogen) atoms. The number of nitrogens with zero attached hydrogens (tertiary/aromatic N) is 1. The summed E-state index contributed by atoms with van der Waals surface area (Å²) in [5.74, 6) is -0.387. The summed E-state index contributed by atoms with van der Waals surface area (Å²) < 4.78 is 0. The number of hydrogen-bond donors (Lipinski definition) is 2. The first kappa shape index (κ1) is 13.2. The average Bonchev–Trinajstić information content (AvgIpc) is 2.48. The van der Waals surface area contributed by atoms with E-state index < -0.39 is 6.10 Å². The van der Waals surface area contributed by atoms with Crippen LogP contribution in [0.1, 0.15) is 17.4 Å². The van der Waals surface area contributed by atoms with Crippen LogP contribution in [0, 0.1) is 0 Å². The van der Waals surface area contributed by atoms with Crippen molar-refractivity contribution in [3.05, 3.63) is 66.0 Å². The Morgan fingerprint density at radius 3 is 2.58 bits per heavy atom. The molecule has 0 saturated carbocycles. The fraction of sp³-hybridized carbons (Fsp3) is 0.200. The number of nitrogens with one attached hydrogen (secondary N) is 1. The number of pyridine rings is 1. The van der Waals surface area contributed by atoms with E-state index in [-0.39, 0.29) is 5.91 Å². The maximum absolute atomic E-state index is 11.8. The molecule has 0 aliphatic rings. The zero-order chi connectivity index (χ0) is 13.5. The van der Waals surface area contributed by atoms with E-state index in [0.29, 0.717) is 18.5 Å². The van der Waals surface area contributed by atoms with Gasteiger partial charge in [0.05, 0.1) is 0 Å². The van der Waals surface area contributed by atoms with Crippen LogP contribution in [0.5, 0.6) is 0 Å². The molecule has 2 aromatic rings.